The smallest absolute Gasteiger partial charge is 0.315 e. The lowest BCUT2D eigenvalue weighted by Crippen LogP contribution is -2.27. The maximum absolute atomic E-state index is 12.7. The van der Waals surface area contributed by atoms with Gasteiger partial charge in [0.15, 0.2) is 11.6 Å². The fraction of sp³-hybridized carbons (Fsp3) is 0.348. The number of hydrogen-bond acceptors (Lipinski definition) is 9. The Morgan fingerprint density at radius 3 is 2.63 bits per heavy atom. The minimum absolute atomic E-state index is 0.0824. The van der Waals surface area contributed by atoms with Gasteiger partial charge in [-0.15, -0.1) is 0 Å². The molecule has 2 N–H and O–H groups in total. The van der Waals surface area contributed by atoms with Gasteiger partial charge in [-0.3, -0.25) is 9.48 Å². The highest BCUT2D eigenvalue weighted by molar-refractivity contribution is 6.34. The molecule has 0 fully saturated rings. The fourth-order valence-corrected chi connectivity index (χ4v) is 3.66. The fourth-order valence-electron chi connectivity index (χ4n) is 3.40. The van der Waals surface area contributed by atoms with Gasteiger partial charge < -0.3 is 15.2 Å². The Balaban J connectivity index is 1.53. The van der Waals surface area contributed by atoms with Crippen molar-refractivity contribution in [3.05, 3.63) is 58.7 Å². The van der Waals surface area contributed by atoms with Crippen molar-refractivity contribution in [3.63, 3.8) is 0 Å². The van der Waals surface area contributed by atoms with E-state index in [1.165, 1.54) is 6.33 Å². The number of benzene rings is 1. The highest BCUT2D eigenvalue weighted by Crippen LogP contribution is 2.33. The number of aromatic nitrogens is 7. The Kier molecular flexibility index (Phi) is 6.53. The zero-order chi connectivity index (χ0) is 25.3. The van der Waals surface area contributed by atoms with Crippen molar-refractivity contribution < 1.29 is 9.32 Å². The number of aryl methyl sites for hydroxylation is 1. The van der Waals surface area contributed by atoms with Crippen LogP contribution in [0.3, 0.4) is 0 Å². The molecule has 1 amide bonds. The lowest BCUT2D eigenvalue weighted by Gasteiger charge is -2.18. The molecule has 0 spiro atoms. The molecule has 12 heteroatoms. The minimum atomic E-state index is -0.455. The van der Waals surface area contributed by atoms with Crippen molar-refractivity contribution in [2.45, 2.75) is 46.1 Å². The second-order valence-electron chi connectivity index (χ2n) is 9.17. The van der Waals surface area contributed by atoms with Crippen molar-refractivity contribution >= 4 is 29.1 Å². The zero-order valence-corrected chi connectivity index (χ0v) is 21.0. The molecule has 3 aromatic heterocycles. The third kappa shape index (κ3) is 5.29. The van der Waals surface area contributed by atoms with E-state index in [0.717, 1.165) is 16.8 Å². The number of anilines is 2. The molecule has 0 saturated carbocycles. The van der Waals surface area contributed by atoms with E-state index in [-0.39, 0.29) is 17.3 Å². The Bertz CT molecular complexity index is 1370. The summed E-state index contributed by atoms with van der Waals surface area (Å²) in [6.07, 6.45) is 4.90. The average molecular weight is 496 g/mol. The van der Waals surface area contributed by atoms with Crippen molar-refractivity contribution in [1.29, 1.82) is 0 Å². The molecule has 1 atom stereocenters. The SMILES string of the molecule is Cc1c([C@@H](C)NC(=O)c2nc(C(C)(C)C)no2)ccc(-c2ncnc(Nc3cnn(C)c3)n2)c1Cl. The Morgan fingerprint density at radius 2 is 1.97 bits per heavy atom. The largest absolute Gasteiger partial charge is 0.341 e. The number of halogens is 1. The maximum atomic E-state index is 12.7. The predicted octanol–water partition coefficient (Wildman–Crippen LogP) is 4.15. The van der Waals surface area contributed by atoms with E-state index < -0.39 is 5.91 Å². The van der Waals surface area contributed by atoms with E-state index in [9.17, 15) is 4.79 Å². The first-order valence-electron chi connectivity index (χ1n) is 10.9. The molecule has 0 aliphatic heterocycles. The molecule has 3 heterocycles. The molecule has 182 valence electrons. The number of carbonyl (C=O) groups is 1. The van der Waals surface area contributed by atoms with E-state index in [0.29, 0.717) is 28.2 Å². The van der Waals surface area contributed by atoms with Crippen LogP contribution >= 0.6 is 11.6 Å². The quantitative estimate of drug-likeness (QED) is 0.404. The summed E-state index contributed by atoms with van der Waals surface area (Å²) in [7, 11) is 1.82. The number of amides is 1. The molecule has 0 radical (unpaired) electrons. The highest BCUT2D eigenvalue weighted by Gasteiger charge is 2.25. The molecule has 0 bridgehead atoms. The molecule has 35 heavy (non-hydrogen) atoms. The average Bonchev–Trinajstić information content (AvgIpc) is 3.45. The van der Waals surface area contributed by atoms with E-state index >= 15 is 0 Å². The van der Waals surface area contributed by atoms with Crippen LogP contribution in [0.15, 0.2) is 35.4 Å². The van der Waals surface area contributed by atoms with Gasteiger partial charge in [0.2, 0.25) is 5.95 Å². The second kappa shape index (κ2) is 9.41. The van der Waals surface area contributed by atoms with Crippen molar-refractivity contribution in [1.82, 2.24) is 40.2 Å². The standard InChI is InChI=1S/C23H26ClN9O2/c1-12-15(13(2)28-19(34)20-31-21(32-35-20)23(3,4)5)7-8-16(17(12)24)18-25-11-26-22(30-18)29-14-9-27-33(6)10-14/h7-11,13H,1-6H3,(H,28,34)(H,25,26,29,30)/t13-/m1/s1. The summed E-state index contributed by atoms with van der Waals surface area (Å²) in [4.78, 5) is 29.8. The van der Waals surface area contributed by atoms with Crippen LogP contribution in [-0.4, -0.2) is 40.8 Å². The first-order chi connectivity index (χ1) is 16.5. The number of nitrogens with one attached hydrogen (secondary N) is 2. The summed E-state index contributed by atoms with van der Waals surface area (Å²) >= 11 is 6.71. The molecule has 4 aromatic rings. The predicted molar refractivity (Wildman–Crippen MR) is 130 cm³/mol. The van der Waals surface area contributed by atoms with Crippen LogP contribution in [0.2, 0.25) is 5.02 Å². The lowest BCUT2D eigenvalue weighted by atomic mass is 9.96. The van der Waals surface area contributed by atoms with Crippen molar-refractivity contribution in [2.75, 3.05) is 5.32 Å². The molecule has 11 nitrogen and oxygen atoms in total. The van der Waals surface area contributed by atoms with Gasteiger partial charge in [-0.1, -0.05) is 43.6 Å². The van der Waals surface area contributed by atoms with Crippen LogP contribution in [-0.2, 0) is 12.5 Å². The summed E-state index contributed by atoms with van der Waals surface area (Å²) in [5.41, 5.74) is 2.71. The first-order valence-corrected chi connectivity index (χ1v) is 11.3. The highest BCUT2D eigenvalue weighted by atomic mass is 35.5. The van der Waals surface area contributed by atoms with Gasteiger partial charge in [-0.05, 0) is 31.0 Å². The summed E-state index contributed by atoms with van der Waals surface area (Å²) in [6, 6.07) is 3.34. The van der Waals surface area contributed by atoms with Gasteiger partial charge in [0, 0.05) is 24.2 Å². The number of carbonyl (C=O) groups excluding carboxylic acids is 1. The van der Waals surface area contributed by atoms with Crippen LogP contribution < -0.4 is 10.6 Å². The molecule has 4 rings (SSSR count). The first kappa shape index (κ1) is 24.3. The van der Waals surface area contributed by atoms with Gasteiger partial charge >= 0.3 is 11.8 Å². The van der Waals surface area contributed by atoms with Crippen LogP contribution in [0, 0.1) is 6.92 Å². The second-order valence-corrected chi connectivity index (χ2v) is 9.55. The summed E-state index contributed by atoms with van der Waals surface area (Å²) in [5.74, 6) is 0.720. The number of rotatable bonds is 6. The molecule has 0 saturated heterocycles. The van der Waals surface area contributed by atoms with E-state index in [2.05, 4.69) is 40.8 Å². The van der Waals surface area contributed by atoms with Crippen LogP contribution in [0.5, 0.6) is 0 Å². The maximum Gasteiger partial charge on any atom is 0.315 e. The third-order valence-electron chi connectivity index (χ3n) is 5.31. The van der Waals surface area contributed by atoms with Gasteiger partial charge in [-0.2, -0.15) is 15.1 Å². The molecular formula is C23H26ClN9O2. The van der Waals surface area contributed by atoms with Gasteiger partial charge in [0.05, 0.1) is 22.9 Å². The summed E-state index contributed by atoms with van der Waals surface area (Å²) in [5, 5.41) is 14.5. The van der Waals surface area contributed by atoms with E-state index in [4.69, 9.17) is 16.1 Å². The van der Waals surface area contributed by atoms with Gasteiger partial charge in [-0.25, -0.2) is 9.97 Å². The number of nitrogens with zero attached hydrogens (tertiary/aromatic N) is 7. The molecule has 0 unspecified atom stereocenters. The summed E-state index contributed by atoms with van der Waals surface area (Å²) in [6.45, 7) is 9.57. The van der Waals surface area contributed by atoms with Gasteiger partial charge in [0.25, 0.3) is 0 Å². The van der Waals surface area contributed by atoms with E-state index in [1.807, 2.05) is 60.0 Å². The van der Waals surface area contributed by atoms with Crippen LogP contribution in [0.4, 0.5) is 11.6 Å². The third-order valence-corrected chi connectivity index (χ3v) is 5.79. The topological polar surface area (TPSA) is 137 Å². The Hall–Kier alpha value is -3.86. The monoisotopic (exact) mass is 495 g/mol. The number of hydrogen-bond donors (Lipinski definition) is 2. The van der Waals surface area contributed by atoms with Crippen molar-refractivity contribution in [3.8, 4) is 11.4 Å². The van der Waals surface area contributed by atoms with Crippen LogP contribution in [0.25, 0.3) is 11.4 Å². The molecule has 0 aliphatic rings. The Labute approximate surface area is 207 Å². The molecular weight excluding hydrogens is 470 g/mol. The molecule has 0 aliphatic carbocycles. The minimum Gasteiger partial charge on any atom is -0.341 e. The van der Waals surface area contributed by atoms with Gasteiger partial charge in [0.1, 0.15) is 6.33 Å². The van der Waals surface area contributed by atoms with Crippen molar-refractivity contribution in [2.24, 2.45) is 7.05 Å². The zero-order valence-electron chi connectivity index (χ0n) is 20.3. The molecule has 1 aromatic carbocycles. The Morgan fingerprint density at radius 1 is 1.20 bits per heavy atom. The lowest BCUT2D eigenvalue weighted by molar-refractivity contribution is 0.0895. The normalized spacial score (nSPS) is 12.4. The van der Waals surface area contributed by atoms with Crippen LogP contribution in [0.1, 0.15) is 61.4 Å². The summed E-state index contributed by atoms with van der Waals surface area (Å²) < 4.78 is 6.81. The van der Waals surface area contributed by atoms with E-state index in [1.54, 1.807) is 10.9 Å².